The SMILES string of the molecule is CC(C)(C)Cc1ccnc(-c2[c-]cc3c(c2)oc2ncccc23)c1.CC(C)Cc1cc(-c2[c-]cccc2)ncc1[Si](C)(C)C.[Ir]. The summed E-state index contributed by atoms with van der Waals surface area (Å²) in [5.74, 6) is 0.667. The summed E-state index contributed by atoms with van der Waals surface area (Å²) < 4.78 is 5.87. The Labute approximate surface area is 283 Å². The van der Waals surface area contributed by atoms with Gasteiger partial charge in [0.25, 0.3) is 0 Å². The molecule has 0 saturated carbocycles. The van der Waals surface area contributed by atoms with E-state index in [9.17, 15) is 0 Å². The number of furan rings is 1. The van der Waals surface area contributed by atoms with Gasteiger partial charge in [-0.3, -0.25) is 0 Å². The fraction of sp³-hybridized carbons (Fsp3) is 0.308. The van der Waals surface area contributed by atoms with E-state index in [4.69, 9.17) is 4.42 Å². The van der Waals surface area contributed by atoms with Crippen LogP contribution in [0.5, 0.6) is 0 Å². The number of pyridine rings is 3. The van der Waals surface area contributed by atoms with Gasteiger partial charge in [-0.15, -0.1) is 53.6 Å². The van der Waals surface area contributed by atoms with Crippen molar-refractivity contribution in [3.8, 4) is 22.5 Å². The Morgan fingerprint density at radius 2 is 1.60 bits per heavy atom. The maximum atomic E-state index is 5.87. The molecule has 1 radical (unpaired) electrons. The van der Waals surface area contributed by atoms with E-state index >= 15 is 0 Å². The number of hydrogen-bond acceptors (Lipinski definition) is 4. The summed E-state index contributed by atoms with van der Waals surface area (Å²) in [4.78, 5) is 13.5. The Morgan fingerprint density at radius 1 is 0.822 bits per heavy atom. The van der Waals surface area contributed by atoms with Gasteiger partial charge in [0.2, 0.25) is 5.71 Å². The number of nitrogens with zero attached hydrogens (tertiary/aromatic N) is 3. The largest absolute Gasteiger partial charge is 0.458 e. The number of hydrogen-bond donors (Lipinski definition) is 0. The minimum Gasteiger partial charge on any atom is -0.458 e. The van der Waals surface area contributed by atoms with Crippen molar-refractivity contribution in [3.63, 3.8) is 0 Å². The molecule has 6 aromatic rings. The summed E-state index contributed by atoms with van der Waals surface area (Å²) in [6.07, 6.45) is 7.86. The maximum Gasteiger partial charge on any atom is 0.215 e. The van der Waals surface area contributed by atoms with Gasteiger partial charge in [0.1, 0.15) is 0 Å². The molecule has 0 unspecified atom stereocenters. The molecular formula is C39H43IrN3OSi-2. The molecule has 6 heteroatoms. The molecule has 0 amide bonds. The van der Waals surface area contributed by atoms with Gasteiger partial charge < -0.3 is 14.4 Å². The monoisotopic (exact) mass is 790 g/mol. The third kappa shape index (κ3) is 8.85. The molecule has 0 saturated heterocycles. The predicted octanol–water partition coefficient (Wildman–Crippen LogP) is 9.72. The molecule has 4 nitrogen and oxygen atoms in total. The second-order valence-corrected chi connectivity index (χ2v) is 19.3. The van der Waals surface area contributed by atoms with Crippen LogP contribution >= 0.6 is 0 Å². The van der Waals surface area contributed by atoms with Crippen molar-refractivity contribution in [1.29, 1.82) is 0 Å². The van der Waals surface area contributed by atoms with Gasteiger partial charge in [0.05, 0.1) is 13.7 Å². The van der Waals surface area contributed by atoms with Crippen molar-refractivity contribution in [3.05, 3.63) is 109 Å². The zero-order chi connectivity index (χ0) is 31.5. The number of aromatic nitrogens is 3. The Balaban J connectivity index is 0.000000204. The summed E-state index contributed by atoms with van der Waals surface area (Å²) in [5, 5.41) is 3.54. The summed E-state index contributed by atoms with van der Waals surface area (Å²) in [6, 6.07) is 29.1. The van der Waals surface area contributed by atoms with Crippen LogP contribution in [0.3, 0.4) is 0 Å². The van der Waals surface area contributed by atoms with E-state index in [-0.39, 0.29) is 25.5 Å². The normalized spacial score (nSPS) is 11.8. The molecule has 4 aromatic heterocycles. The van der Waals surface area contributed by atoms with Gasteiger partial charge >= 0.3 is 0 Å². The predicted molar refractivity (Wildman–Crippen MR) is 187 cm³/mol. The molecular weight excluding hydrogens is 747 g/mol. The Bertz CT molecular complexity index is 1870. The average Bonchev–Trinajstić information content (AvgIpc) is 3.34. The summed E-state index contributed by atoms with van der Waals surface area (Å²) in [6.45, 7) is 18.5. The van der Waals surface area contributed by atoms with Gasteiger partial charge in [-0.2, -0.15) is 0 Å². The molecule has 4 heterocycles. The van der Waals surface area contributed by atoms with Crippen LogP contribution in [0.2, 0.25) is 19.6 Å². The molecule has 235 valence electrons. The second kappa shape index (κ2) is 14.3. The molecule has 0 fully saturated rings. The smallest absolute Gasteiger partial charge is 0.215 e. The minimum absolute atomic E-state index is 0. The minimum atomic E-state index is -1.34. The Morgan fingerprint density at radius 3 is 2.29 bits per heavy atom. The van der Waals surface area contributed by atoms with Crippen molar-refractivity contribution in [2.75, 3.05) is 0 Å². The molecule has 6 rings (SSSR count). The van der Waals surface area contributed by atoms with Crippen LogP contribution < -0.4 is 5.19 Å². The molecule has 2 aromatic carbocycles. The van der Waals surface area contributed by atoms with Crippen LogP contribution in [0.1, 0.15) is 45.7 Å². The topological polar surface area (TPSA) is 51.8 Å². The average molecular weight is 790 g/mol. The zero-order valence-corrected chi connectivity index (χ0v) is 31.1. The standard InChI is InChI=1S/C21H19N2O.C18H24NSi.Ir/c1-21(2,3)13-14-8-10-22-18(11-14)15-6-7-16-17-5-4-9-23-20(17)24-19(16)12-15;1-14(2)11-16-12-17(15-9-7-6-8-10-15)19-13-18(16)20(3,4)5;/h4-5,7-12H,13H2,1-3H3;6-9,12-14H,11H2,1-5H3;/q2*-1;. The van der Waals surface area contributed by atoms with Crippen LogP contribution in [-0.2, 0) is 32.9 Å². The van der Waals surface area contributed by atoms with Crippen molar-refractivity contribution in [2.24, 2.45) is 11.3 Å². The quantitative estimate of drug-likeness (QED) is 0.125. The van der Waals surface area contributed by atoms with Crippen LogP contribution in [0.15, 0.2) is 89.7 Å². The van der Waals surface area contributed by atoms with Crippen molar-refractivity contribution in [1.82, 2.24) is 15.0 Å². The summed E-state index contributed by atoms with van der Waals surface area (Å²) >= 11 is 0. The van der Waals surface area contributed by atoms with E-state index < -0.39 is 8.07 Å². The van der Waals surface area contributed by atoms with Crippen LogP contribution in [-0.4, -0.2) is 23.0 Å². The number of rotatable bonds is 6. The van der Waals surface area contributed by atoms with E-state index in [2.05, 4.69) is 112 Å². The van der Waals surface area contributed by atoms with Gasteiger partial charge in [-0.25, -0.2) is 4.98 Å². The molecule has 0 aliphatic carbocycles. The summed E-state index contributed by atoms with van der Waals surface area (Å²) in [7, 11) is -1.34. The first-order valence-electron chi connectivity index (χ1n) is 15.5. The van der Waals surface area contributed by atoms with E-state index in [0.717, 1.165) is 51.7 Å². The van der Waals surface area contributed by atoms with E-state index in [1.165, 1.54) is 16.3 Å². The first-order chi connectivity index (χ1) is 20.9. The molecule has 45 heavy (non-hydrogen) atoms. The van der Waals surface area contributed by atoms with E-state index in [1.807, 2.05) is 48.7 Å². The number of fused-ring (bicyclic) bond motifs is 3. The van der Waals surface area contributed by atoms with Gasteiger partial charge in [-0.1, -0.05) is 95.0 Å². The molecule has 0 spiro atoms. The Kier molecular flexibility index (Phi) is 11.0. The fourth-order valence-corrected chi connectivity index (χ4v) is 7.11. The fourth-order valence-electron chi connectivity index (χ4n) is 5.52. The second-order valence-electron chi connectivity index (χ2n) is 14.2. The van der Waals surface area contributed by atoms with Crippen molar-refractivity contribution >= 4 is 35.3 Å². The van der Waals surface area contributed by atoms with Gasteiger partial charge in [0, 0.05) is 44.1 Å². The van der Waals surface area contributed by atoms with Crippen molar-refractivity contribution in [2.45, 2.75) is 67.1 Å². The van der Waals surface area contributed by atoms with Gasteiger partial charge in [-0.05, 0) is 52.9 Å². The Hall–Kier alpha value is -3.44. The van der Waals surface area contributed by atoms with Crippen molar-refractivity contribution < 1.29 is 24.5 Å². The van der Waals surface area contributed by atoms with Crippen LogP contribution in [0, 0.1) is 23.5 Å². The number of benzene rings is 2. The van der Waals surface area contributed by atoms with E-state index in [1.54, 1.807) is 6.20 Å². The third-order valence-corrected chi connectivity index (χ3v) is 9.49. The first-order valence-corrected chi connectivity index (χ1v) is 19.0. The molecule has 0 bridgehead atoms. The van der Waals surface area contributed by atoms with Crippen LogP contribution in [0.4, 0.5) is 0 Å². The maximum absolute atomic E-state index is 5.87. The van der Waals surface area contributed by atoms with Gasteiger partial charge in [0.15, 0.2) is 0 Å². The van der Waals surface area contributed by atoms with Crippen LogP contribution in [0.25, 0.3) is 44.6 Å². The summed E-state index contributed by atoms with van der Waals surface area (Å²) in [5.41, 5.74) is 8.48. The molecule has 0 atom stereocenters. The first kappa shape index (κ1) is 34.4. The molecule has 0 aliphatic heterocycles. The molecule has 0 N–H and O–H groups in total. The van der Waals surface area contributed by atoms with E-state index in [0.29, 0.717) is 11.6 Å². The zero-order valence-electron chi connectivity index (χ0n) is 27.7. The molecule has 0 aliphatic rings. The third-order valence-electron chi connectivity index (χ3n) is 7.43.